The zero-order chi connectivity index (χ0) is 28.5. The van der Waals surface area contributed by atoms with Crippen molar-refractivity contribution >= 4 is 25.1 Å². The van der Waals surface area contributed by atoms with E-state index in [9.17, 15) is 9.59 Å². The van der Waals surface area contributed by atoms with Crippen molar-refractivity contribution in [3.8, 4) is 11.1 Å². The molecule has 206 valence electrons. The van der Waals surface area contributed by atoms with Crippen molar-refractivity contribution in [2.24, 2.45) is 5.73 Å². The molecule has 0 aromatic heterocycles. The van der Waals surface area contributed by atoms with Gasteiger partial charge in [0.1, 0.15) is 6.61 Å². The highest BCUT2D eigenvalue weighted by Gasteiger charge is 2.52. The maximum Gasteiger partial charge on any atom is 0.492 e. The fraction of sp³-hybridized carbons (Fsp3) is 0.312. The quantitative estimate of drug-likeness (QED) is 0.295. The molecule has 1 aliphatic carbocycles. The maximum absolute atomic E-state index is 12.9. The summed E-state index contributed by atoms with van der Waals surface area (Å²) in [6.07, 6.45) is 1.39. The van der Waals surface area contributed by atoms with Crippen LogP contribution in [0.15, 0.2) is 78.3 Å². The lowest BCUT2D eigenvalue weighted by Gasteiger charge is -2.32. The number of hydrogen-bond donors (Lipinski definition) is 2. The first kappa shape index (κ1) is 27.8. The van der Waals surface area contributed by atoms with Crippen LogP contribution in [0.25, 0.3) is 17.2 Å². The van der Waals surface area contributed by atoms with Crippen LogP contribution < -0.4 is 11.1 Å². The van der Waals surface area contributed by atoms with Gasteiger partial charge in [-0.1, -0.05) is 78.9 Å². The Labute approximate surface area is 235 Å². The highest BCUT2D eigenvalue weighted by atomic mass is 16.7. The average molecular weight is 538 g/mol. The van der Waals surface area contributed by atoms with Crippen LogP contribution in [0.3, 0.4) is 0 Å². The molecular weight excluding hydrogens is 503 g/mol. The van der Waals surface area contributed by atoms with E-state index in [1.54, 1.807) is 12.1 Å². The van der Waals surface area contributed by atoms with Crippen molar-refractivity contribution in [2.75, 3.05) is 19.7 Å². The Morgan fingerprint density at radius 3 is 2.00 bits per heavy atom. The van der Waals surface area contributed by atoms with E-state index in [4.69, 9.17) is 19.8 Å². The van der Waals surface area contributed by atoms with E-state index in [-0.39, 0.29) is 31.4 Å². The molecule has 40 heavy (non-hydrogen) atoms. The van der Waals surface area contributed by atoms with Crippen LogP contribution in [0, 0.1) is 0 Å². The summed E-state index contributed by atoms with van der Waals surface area (Å²) in [6.45, 7) is 8.28. The molecule has 3 N–H and O–H groups in total. The van der Waals surface area contributed by atoms with Crippen molar-refractivity contribution < 1.29 is 23.6 Å². The van der Waals surface area contributed by atoms with Gasteiger partial charge in [0.25, 0.3) is 0 Å². The molecule has 0 saturated carbocycles. The second-order valence-corrected chi connectivity index (χ2v) is 11.2. The van der Waals surface area contributed by atoms with Gasteiger partial charge in [0.2, 0.25) is 0 Å². The van der Waals surface area contributed by atoms with Gasteiger partial charge in [-0.25, -0.2) is 4.79 Å². The van der Waals surface area contributed by atoms with Crippen LogP contribution in [-0.4, -0.2) is 49.9 Å². The molecule has 2 aliphatic rings. The number of hydrogen-bond acceptors (Lipinski definition) is 6. The molecule has 1 saturated heterocycles. The molecule has 8 heteroatoms. The first-order valence-electron chi connectivity index (χ1n) is 13.6. The molecule has 0 unspecified atom stereocenters. The number of ketones is 1. The van der Waals surface area contributed by atoms with Gasteiger partial charge in [0, 0.05) is 18.0 Å². The summed E-state index contributed by atoms with van der Waals surface area (Å²) in [4.78, 5) is 24.8. The topological polar surface area (TPSA) is 99.9 Å². The van der Waals surface area contributed by atoms with E-state index in [0.29, 0.717) is 5.56 Å². The molecule has 1 aliphatic heterocycles. The number of carbonyl (C=O) groups is 2. The number of nitrogens with one attached hydrogen (secondary N) is 1. The molecule has 0 atom stereocenters. The third-order valence-electron chi connectivity index (χ3n) is 8.11. The molecule has 3 aromatic carbocycles. The summed E-state index contributed by atoms with van der Waals surface area (Å²) in [7, 11) is -0.663. The van der Waals surface area contributed by atoms with Crippen LogP contribution in [0.1, 0.15) is 60.7 Å². The SMILES string of the molecule is CC1(C)OB(C(=Cc2ccc(C(=O)CN)cc2)CNC(=O)OCC2c3ccccc3-c3ccccc32)OC1(C)C. The minimum absolute atomic E-state index is 0.0222. The molecule has 1 fully saturated rings. The lowest BCUT2D eigenvalue weighted by molar-refractivity contribution is 0.00578. The highest BCUT2D eigenvalue weighted by molar-refractivity contribution is 6.56. The van der Waals surface area contributed by atoms with Gasteiger partial charge in [0.05, 0.1) is 17.7 Å². The van der Waals surface area contributed by atoms with Crippen molar-refractivity contribution in [1.29, 1.82) is 0 Å². The Bertz CT molecular complexity index is 1390. The molecule has 0 radical (unpaired) electrons. The number of Topliss-reactive ketones (excluding diaryl/α,β-unsaturated/α-hetero) is 1. The van der Waals surface area contributed by atoms with Crippen molar-refractivity contribution in [1.82, 2.24) is 5.32 Å². The van der Waals surface area contributed by atoms with Gasteiger partial charge < -0.3 is 25.1 Å². The molecule has 7 nitrogen and oxygen atoms in total. The van der Waals surface area contributed by atoms with E-state index < -0.39 is 24.4 Å². The van der Waals surface area contributed by atoms with E-state index in [1.165, 1.54) is 11.1 Å². The Morgan fingerprint density at radius 2 is 1.45 bits per heavy atom. The third-order valence-corrected chi connectivity index (χ3v) is 8.11. The minimum atomic E-state index is -0.663. The number of alkyl carbamates (subject to hydrolysis) is 1. The van der Waals surface area contributed by atoms with Crippen molar-refractivity contribution in [2.45, 2.75) is 44.8 Å². The van der Waals surface area contributed by atoms with Crippen molar-refractivity contribution in [3.05, 3.63) is 101 Å². The number of ether oxygens (including phenoxy) is 1. The van der Waals surface area contributed by atoms with Gasteiger partial charge in [-0.05, 0) is 61.0 Å². The van der Waals surface area contributed by atoms with E-state index >= 15 is 0 Å². The molecule has 3 aromatic rings. The third kappa shape index (κ3) is 5.48. The molecule has 0 spiro atoms. The highest BCUT2D eigenvalue weighted by Crippen LogP contribution is 2.44. The molecule has 1 heterocycles. The number of fused-ring (bicyclic) bond motifs is 3. The number of carbonyl (C=O) groups excluding carboxylic acids is 2. The van der Waals surface area contributed by atoms with Crippen LogP contribution in [-0.2, 0) is 14.0 Å². The summed E-state index contributed by atoms with van der Waals surface area (Å²) in [5.41, 5.74) is 11.2. The average Bonchev–Trinajstić information content (AvgIpc) is 3.38. The largest absolute Gasteiger partial charge is 0.492 e. The lowest BCUT2D eigenvalue weighted by Crippen LogP contribution is -2.41. The van der Waals surface area contributed by atoms with Crippen LogP contribution in [0.2, 0.25) is 0 Å². The second kappa shape index (κ2) is 11.0. The fourth-order valence-electron chi connectivity index (χ4n) is 5.12. The molecule has 1 amide bonds. The zero-order valence-corrected chi connectivity index (χ0v) is 23.4. The number of rotatable bonds is 8. The molecule has 0 bridgehead atoms. The Kier molecular flexibility index (Phi) is 7.69. The number of amides is 1. The minimum Gasteiger partial charge on any atom is -0.449 e. The van der Waals surface area contributed by atoms with E-state index in [1.807, 2.05) is 70.2 Å². The van der Waals surface area contributed by atoms with Gasteiger partial charge in [0.15, 0.2) is 5.78 Å². The van der Waals surface area contributed by atoms with Gasteiger partial charge in [-0.3, -0.25) is 4.79 Å². The van der Waals surface area contributed by atoms with Crippen molar-refractivity contribution in [3.63, 3.8) is 0 Å². The normalized spacial score (nSPS) is 17.3. The summed E-state index contributed by atoms with van der Waals surface area (Å²) >= 11 is 0. The standard InChI is InChI=1S/C32H35BN2O5/c1-31(2)32(3,4)40-33(39-31)23(17-21-13-15-22(16-14-21)29(36)18-34)19-35-30(37)38-20-28-26-11-7-5-9-24(26)25-10-6-8-12-27(25)28/h5-17,28H,18-20,34H2,1-4H3,(H,35,37). The monoisotopic (exact) mass is 538 g/mol. The molecule has 5 rings (SSSR count). The van der Waals surface area contributed by atoms with Crippen LogP contribution >= 0.6 is 0 Å². The number of nitrogens with two attached hydrogens (primary N) is 1. The predicted molar refractivity (Wildman–Crippen MR) is 157 cm³/mol. The van der Waals surface area contributed by atoms with E-state index in [0.717, 1.165) is 22.2 Å². The molecular formula is C32H35BN2O5. The van der Waals surface area contributed by atoms with Gasteiger partial charge in [-0.2, -0.15) is 0 Å². The zero-order valence-electron chi connectivity index (χ0n) is 23.4. The Morgan fingerprint density at radius 1 is 0.900 bits per heavy atom. The summed E-state index contributed by atoms with van der Waals surface area (Å²) in [5, 5.41) is 2.89. The summed E-state index contributed by atoms with van der Waals surface area (Å²) in [6, 6.07) is 23.6. The first-order valence-corrected chi connectivity index (χ1v) is 13.6. The smallest absolute Gasteiger partial charge is 0.449 e. The number of benzene rings is 3. The first-order chi connectivity index (χ1) is 19.1. The Balaban J connectivity index is 1.30. The van der Waals surface area contributed by atoms with Crippen LogP contribution in [0.5, 0.6) is 0 Å². The van der Waals surface area contributed by atoms with Gasteiger partial charge >= 0.3 is 13.2 Å². The van der Waals surface area contributed by atoms with Gasteiger partial charge in [-0.15, -0.1) is 0 Å². The Hall–Kier alpha value is -3.72. The summed E-state index contributed by atoms with van der Waals surface area (Å²) < 4.78 is 18.3. The predicted octanol–water partition coefficient (Wildman–Crippen LogP) is 5.38. The second-order valence-electron chi connectivity index (χ2n) is 11.2. The fourth-order valence-corrected chi connectivity index (χ4v) is 5.12. The van der Waals surface area contributed by atoms with E-state index in [2.05, 4.69) is 29.6 Å². The maximum atomic E-state index is 12.9. The van der Waals surface area contributed by atoms with Crippen LogP contribution in [0.4, 0.5) is 4.79 Å². The summed E-state index contributed by atoms with van der Waals surface area (Å²) in [5.74, 6) is -0.148. The lowest BCUT2D eigenvalue weighted by atomic mass is 9.77.